The van der Waals surface area contributed by atoms with E-state index in [2.05, 4.69) is 23.8 Å². The van der Waals surface area contributed by atoms with Crippen molar-refractivity contribution in [3.8, 4) is 0 Å². The van der Waals surface area contributed by atoms with E-state index in [1.165, 1.54) is 11.8 Å². The molecule has 0 fully saturated rings. The maximum Gasteiger partial charge on any atom is 0.253 e. The van der Waals surface area contributed by atoms with Crippen molar-refractivity contribution in [2.24, 2.45) is 5.10 Å². The summed E-state index contributed by atoms with van der Waals surface area (Å²) in [6.45, 7) is 5.86. The Hall–Kier alpha value is -1.40. The fourth-order valence-electron chi connectivity index (χ4n) is 2.37. The van der Waals surface area contributed by atoms with Crippen LogP contribution in [0, 0.1) is 0 Å². The Balaban J connectivity index is 1.94. The highest BCUT2D eigenvalue weighted by atomic mass is 32.2. The van der Waals surface area contributed by atoms with Crippen LogP contribution in [0.3, 0.4) is 0 Å². The lowest BCUT2D eigenvalue weighted by atomic mass is 10.0. The zero-order chi connectivity index (χ0) is 15.9. The molecule has 118 valence electrons. The largest absolute Gasteiger partial charge is 0.358 e. The summed E-state index contributed by atoms with van der Waals surface area (Å²) < 4.78 is 0.776. The zero-order valence-corrected chi connectivity index (χ0v) is 14.6. The van der Waals surface area contributed by atoms with Gasteiger partial charge in [-0.2, -0.15) is 5.10 Å². The molecular weight excluding hydrogens is 314 g/mol. The average molecular weight is 335 g/mol. The van der Waals surface area contributed by atoms with Crippen LogP contribution in [0.2, 0.25) is 0 Å². The first-order valence-electron chi connectivity index (χ1n) is 7.48. The van der Waals surface area contributed by atoms with E-state index < -0.39 is 0 Å². The van der Waals surface area contributed by atoms with Gasteiger partial charge in [-0.05, 0) is 19.4 Å². The van der Waals surface area contributed by atoms with Crippen LogP contribution in [0.5, 0.6) is 0 Å². The predicted octanol–water partition coefficient (Wildman–Crippen LogP) is 3.31. The van der Waals surface area contributed by atoms with Gasteiger partial charge in [-0.25, -0.2) is 5.01 Å². The Kier molecular flexibility index (Phi) is 6.39. The van der Waals surface area contributed by atoms with E-state index in [9.17, 15) is 4.79 Å². The van der Waals surface area contributed by atoms with Gasteiger partial charge >= 0.3 is 0 Å². The van der Waals surface area contributed by atoms with Crippen LogP contribution in [0.4, 0.5) is 0 Å². The first-order chi connectivity index (χ1) is 10.7. The number of carbonyl (C=O) groups excluding carboxylic acids is 1. The third-order valence-electron chi connectivity index (χ3n) is 3.61. The summed E-state index contributed by atoms with van der Waals surface area (Å²) in [6, 6.07) is 10.0. The smallest absolute Gasteiger partial charge is 0.253 e. The minimum atomic E-state index is 0.00195. The fourth-order valence-corrected chi connectivity index (χ4v) is 3.62. The van der Waals surface area contributed by atoms with Crippen molar-refractivity contribution in [2.45, 2.75) is 26.3 Å². The van der Waals surface area contributed by atoms with E-state index in [-0.39, 0.29) is 11.9 Å². The van der Waals surface area contributed by atoms with Gasteiger partial charge in [0.15, 0.2) is 0 Å². The molecule has 6 heteroatoms. The number of benzene rings is 1. The molecule has 0 aliphatic carbocycles. The van der Waals surface area contributed by atoms with Crippen molar-refractivity contribution in [3.05, 3.63) is 35.9 Å². The van der Waals surface area contributed by atoms with Crippen LogP contribution in [0.15, 0.2) is 35.4 Å². The number of amides is 1. The third kappa shape index (κ3) is 4.08. The first kappa shape index (κ1) is 17.0. The van der Waals surface area contributed by atoms with Crippen molar-refractivity contribution in [2.75, 3.05) is 18.8 Å². The maximum absolute atomic E-state index is 12.4. The minimum absolute atomic E-state index is 0.00195. The number of carbonyl (C=O) groups is 1. The third-order valence-corrected chi connectivity index (χ3v) is 5.12. The van der Waals surface area contributed by atoms with E-state index >= 15 is 0 Å². The Bertz CT molecular complexity index is 544. The molecule has 1 aromatic rings. The van der Waals surface area contributed by atoms with Gasteiger partial charge in [0.1, 0.15) is 4.32 Å². The Morgan fingerprint density at radius 2 is 2.05 bits per heavy atom. The van der Waals surface area contributed by atoms with Gasteiger partial charge in [0, 0.05) is 25.7 Å². The summed E-state index contributed by atoms with van der Waals surface area (Å²) >= 11 is 6.79. The second-order valence-electron chi connectivity index (χ2n) is 4.93. The summed E-state index contributed by atoms with van der Waals surface area (Å²) in [5, 5.41) is 5.84. The van der Waals surface area contributed by atoms with E-state index in [0.29, 0.717) is 5.75 Å². The van der Waals surface area contributed by atoms with Crippen molar-refractivity contribution in [1.82, 2.24) is 9.91 Å². The molecule has 0 unspecified atom stereocenters. The van der Waals surface area contributed by atoms with Crippen LogP contribution >= 0.6 is 24.0 Å². The molecule has 0 saturated heterocycles. The van der Waals surface area contributed by atoms with Gasteiger partial charge in [-0.15, -0.1) is 0 Å². The van der Waals surface area contributed by atoms with Gasteiger partial charge in [0.25, 0.3) is 5.91 Å². The highest BCUT2D eigenvalue weighted by molar-refractivity contribution is 8.23. The zero-order valence-electron chi connectivity index (χ0n) is 12.9. The molecule has 1 aliphatic rings. The average Bonchev–Trinajstić information content (AvgIpc) is 3.04. The van der Waals surface area contributed by atoms with E-state index in [1.807, 2.05) is 36.5 Å². The minimum Gasteiger partial charge on any atom is -0.358 e. The molecule has 1 aliphatic heterocycles. The molecular formula is C16H21N3OS2. The molecule has 0 saturated carbocycles. The van der Waals surface area contributed by atoms with Crippen molar-refractivity contribution >= 4 is 40.4 Å². The molecule has 0 radical (unpaired) electrons. The summed E-state index contributed by atoms with van der Waals surface area (Å²) in [5.41, 5.74) is 1.12. The molecule has 0 aromatic heterocycles. The van der Waals surface area contributed by atoms with Crippen LogP contribution < -0.4 is 0 Å². The molecule has 0 N–H and O–H groups in total. The predicted molar refractivity (Wildman–Crippen MR) is 97.1 cm³/mol. The Morgan fingerprint density at radius 1 is 1.36 bits per heavy atom. The number of hydrazone groups is 1. The summed E-state index contributed by atoms with van der Waals surface area (Å²) in [5.74, 6) is 0.331. The Morgan fingerprint density at radius 3 is 2.68 bits per heavy atom. The van der Waals surface area contributed by atoms with Crippen molar-refractivity contribution in [1.29, 1.82) is 0 Å². The Labute approximate surface area is 141 Å². The highest BCUT2D eigenvalue weighted by Gasteiger charge is 2.28. The number of hydrogen-bond acceptors (Lipinski definition) is 4. The van der Waals surface area contributed by atoms with Crippen molar-refractivity contribution < 1.29 is 4.79 Å². The number of rotatable bonds is 5. The topological polar surface area (TPSA) is 35.9 Å². The fraction of sp³-hybridized carbons (Fsp3) is 0.438. The molecule has 1 atom stereocenters. The van der Waals surface area contributed by atoms with E-state index in [0.717, 1.165) is 29.4 Å². The van der Waals surface area contributed by atoms with E-state index in [1.54, 1.807) is 5.01 Å². The molecule has 22 heavy (non-hydrogen) atoms. The molecule has 4 nitrogen and oxygen atoms in total. The summed E-state index contributed by atoms with van der Waals surface area (Å²) in [7, 11) is 0. The quantitative estimate of drug-likeness (QED) is 0.774. The molecule has 0 spiro atoms. The maximum atomic E-state index is 12.4. The lowest BCUT2D eigenvalue weighted by molar-refractivity contribution is -0.130. The second-order valence-corrected chi connectivity index (χ2v) is 6.53. The van der Waals surface area contributed by atoms with Crippen LogP contribution in [-0.2, 0) is 4.79 Å². The highest BCUT2D eigenvalue weighted by Crippen LogP contribution is 2.28. The second kappa shape index (κ2) is 8.29. The standard InChI is InChI=1S/C16H21N3OS2/c1-3-18(4-2)16(21)22-12-15(20)19-14(10-11-17-19)13-8-6-5-7-9-13/h5-9,11,14H,3-4,10,12H2,1-2H3/t14-/m1/s1. The molecule has 1 amide bonds. The normalized spacial score (nSPS) is 16.8. The lowest BCUT2D eigenvalue weighted by Crippen LogP contribution is -2.31. The number of thiocarbonyl (C=S) groups is 1. The SMILES string of the molecule is CCN(CC)C(=S)SCC(=O)N1N=CC[C@@H]1c1ccccc1. The molecule has 0 bridgehead atoms. The number of nitrogens with zero attached hydrogens (tertiary/aromatic N) is 3. The van der Waals surface area contributed by atoms with Gasteiger partial charge in [0.05, 0.1) is 11.8 Å². The first-order valence-corrected chi connectivity index (χ1v) is 8.87. The number of hydrogen-bond donors (Lipinski definition) is 0. The van der Waals surface area contributed by atoms with Gasteiger partial charge < -0.3 is 4.90 Å². The summed E-state index contributed by atoms with van der Waals surface area (Å²) in [4.78, 5) is 14.5. The molecule has 2 rings (SSSR count). The van der Waals surface area contributed by atoms with Crippen molar-refractivity contribution in [3.63, 3.8) is 0 Å². The molecule has 1 aromatic carbocycles. The van der Waals surface area contributed by atoms with Crippen LogP contribution in [0.1, 0.15) is 31.9 Å². The van der Waals surface area contributed by atoms with Gasteiger partial charge in [-0.1, -0.05) is 54.3 Å². The number of thioether (sulfide) groups is 1. The lowest BCUT2D eigenvalue weighted by Gasteiger charge is -2.24. The van der Waals surface area contributed by atoms with E-state index in [4.69, 9.17) is 12.2 Å². The van der Waals surface area contributed by atoms with Crippen LogP contribution in [-0.4, -0.2) is 45.2 Å². The molecule has 1 heterocycles. The van der Waals surface area contributed by atoms with Gasteiger partial charge in [-0.3, -0.25) is 4.79 Å². The summed E-state index contributed by atoms with van der Waals surface area (Å²) in [6.07, 6.45) is 2.57. The monoisotopic (exact) mass is 335 g/mol. The van der Waals surface area contributed by atoms with Gasteiger partial charge in [0.2, 0.25) is 0 Å². The van der Waals surface area contributed by atoms with Crippen LogP contribution in [0.25, 0.3) is 0 Å².